The molecule has 1 atom stereocenters. The lowest BCUT2D eigenvalue weighted by molar-refractivity contribution is -0.133. The summed E-state index contributed by atoms with van der Waals surface area (Å²) in [7, 11) is 0. The Kier molecular flexibility index (Phi) is 4.38. The van der Waals surface area contributed by atoms with Crippen LogP contribution in [0.4, 0.5) is 8.78 Å². The molecule has 1 aromatic carbocycles. The highest BCUT2D eigenvalue weighted by Gasteiger charge is 2.44. The molecule has 1 aliphatic rings. The number of benzene rings is 1. The lowest BCUT2D eigenvalue weighted by atomic mass is 9.75. The van der Waals surface area contributed by atoms with Gasteiger partial charge in [-0.15, -0.1) is 11.6 Å². The van der Waals surface area contributed by atoms with Crippen molar-refractivity contribution in [3.05, 3.63) is 35.4 Å². The molecule has 6 heteroatoms. The van der Waals surface area contributed by atoms with Crippen LogP contribution in [-0.2, 0) is 15.1 Å². The van der Waals surface area contributed by atoms with Crippen molar-refractivity contribution in [2.75, 3.05) is 5.88 Å². The summed E-state index contributed by atoms with van der Waals surface area (Å²) in [5.41, 5.74) is -1.63. The molecular weight excluding hydrogens is 288 g/mol. The average molecular weight is 302 g/mol. The zero-order valence-corrected chi connectivity index (χ0v) is 11.5. The number of amides is 1. The number of hydrogen-bond acceptors (Lipinski definition) is 2. The number of halogens is 3. The Morgan fingerprint density at radius 2 is 2.10 bits per heavy atom. The van der Waals surface area contributed by atoms with E-state index < -0.39 is 23.1 Å². The molecule has 1 unspecified atom stereocenters. The number of ketones is 1. The van der Waals surface area contributed by atoms with Crippen molar-refractivity contribution in [2.45, 2.75) is 31.2 Å². The van der Waals surface area contributed by atoms with E-state index in [1.54, 1.807) is 0 Å². The van der Waals surface area contributed by atoms with Gasteiger partial charge in [-0.05, 0) is 25.3 Å². The topological polar surface area (TPSA) is 46.2 Å². The second-order valence-electron chi connectivity index (χ2n) is 4.82. The van der Waals surface area contributed by atoms with Crippen molar-refractivity contribution in [1.82, 2.24) is 5.32 Å². The third-order valence-electron chi connectivity index (χ3n) is 3.57. The van der Waals surface area contributed by atoms with E-state index >= 15 is 0 Å². The molecule has 0 spiro atoms. The summed E-state index contributed by atoms with van der Waals surface area (Å²) in [6, 6.07) is 3.63. The third kappa shape index (κ3) is 2.54. The Balaban J connectivity index is 2.53. The molecule has 1 amide bonds. The van der Waals surface area contributed by atoms with Crippen molar-refractivity contribution in [1.29, 1.82) is 0 Å². The van der Waals surface area contributed by atoms with Crippen LogP contribution in [0, 0.1) is 11.6 Å². The molecule has 0 radical (unpaired) electrons. The summed E-state index contributed by atoms with van der Waals surface area (Å²) in [5, 5.41) is 2.49. The SMILES string of the molecule is O=C(CCl)NC1(c2cccc(F)c2F)CCCCC1=O. The van der Waals surface area contributed by atoms with Crippen LogP contribution in [0.1, 0.15) is 31.2 Å². The van der Waals surface area contributed by atoms with E-state index in [0.717, 1.165) is 6.07 Å². The fourth-order valence-electron chi connectivity index (χ4n) is 2.62. The molecule has 0 heterocycles. The molecule has 0 bridgehead atoms. The van der Waals surface area contributed by atoms with Crippen molar-refractivity contribution in [2.24, 2.45) is 0 Å². The summed E-state index contributed by atoms with van der Waals surface area (Å²) in [5.74, 6) is -3.37. The summed E-state index contributed by atoms with van der Waals surface area (Å²) in [6.07, 6.45) is 1.78. The second-order valence-corrected chi connectivity index (χ2v) is 5.09. The largest absolute Gasteiger partial charge is 0.339 e. The second kappa shape index (κ2) is 5.87. The maximum atomic E-state index is 14.0. The molecule has 2 rings (SSSR count). The number of carbonyl (C=O) groups is 2. The normalized spacial score (nSPS) is 22.6. The first-order valence-corrected chi connectivity index (χ1v) is 6.89. The molecule has 1 aromatic rings. The first kappa shape index (κ1) is 14.9. The van der Waals surface area contributed by atoms with Gasteiger partial charge < -0.3 is 5.32 Å². The number of rotatable bonds is 3. The van der Waals surface area contributed by atoms with Crippen LogP contribution in [0.25, 0.3) is 0 Å². The van der Waals surface area contributed by atoms with Crippen molar-refractivity contribution in [3.63, 3.8) is 0 Å². The predicted octanol–water partition coefficient (Wildman–Crippen LogP) is 2.66. The standard InChI is InChI=1S/C14H14ClF2NO2/c15-8-12(20)18-14(7-2-1-6-11(14)19)9-4-3-5-10(16)13(9)17/h3-5H,1-2,6-8H2,(H,18,20). The quantitative estimate of drug-likeness (QED) is 0.873. The number of Topliss-reactive ketones (excluding diaryl/α,β-unsaturated/α-hetero) is 1. The number of nitrogens with one attached hydrogen (secondary N) is 1. The van der Waals surface area contributed by atoms with Crippen LogP contribution in [0.15, 0.2) is 18.2 Å². The minimum absolute atomic E-state index is 0.124. The van der Waals surface area contributed by atoms with Gasteiger partial charge in [-0.25, -0.2) is 8.78 Å². The summed E-state index contributed by atoms with van der Waals surface area (Å²) in [4.78, 5) is 23.9. The highest BCUT2D eigenvalue weighted by Crippen LogP contribution is 2.36. The van der Waals surface area contributed by atoms with Crippen molar-refractivity contribution < 1.29 is 18.4 Å². The molecule has 108 valence electrons. The number of carbonyl (C=O) groups excluding carboxylic acids is 2. The van der Waals surface area contributed by atoms with Crippen LogP contribution in [0.3, 0.4) is 0 Å². The molecule has 0 saturated heterocycles. The maximum absolute atomic E-state index is 14.0. The smallest absolute Gasteiger partial charge is 0.235 e. The molecular formula is C14H14ClF2NO2. The van der Waals surface area contributed by atoms with E-state index in [9.17, 15) is 18.4 Å². The van der Waals surface area contributed by atoms with Gasteiger partial charge >= 0.3 is 0 Å². The van der Waals surface area contributed by atoms with E-state index in [1.165, 1.54) is 12.1 Å². The molecule has 20 heavy (non-hydrogen) atoms. The van der Waals surface area contributed by atoms with Crippen LogP contribution in [0.5, 0.6) is 0 Å². The average Bonchev–Trinajstić information content (AvgIpc) is 2.44. The monoisotopic (exact) mass is 301 g/mol. The highest BCUT2D eigenvalue weighted by atomic mass is 35.5. The van der Waals surface area contributed by atoms with Crippen LogP contribution in [0.2, 0.25) is 0 Å². The van der Waals surface area contributed by atoms with E-state index in [1.807, 2.05) is 0 Å². The fraction of sp³-hybridized carbons (Fsp3) is 0.429. The molecule has 1 N–H and O–H groups in total. The minimum Gasteiger partial charge on any atom is -0.339 e. The van der Waals surface area contributed by atoms with Gasteiger partial charge in [-0.3, -0.25) is 9.59 Å². The van der Waals surface area contributed by atoms with Gasteiger partial charge in [0.05, 0.1) is 0 Å². The summed E-state index contributed by atoms with van der Waals surface area (Å²) < 4.78 is 27.5. The van der Waals surface area contributed by atoms with Crippen molar-refractivity contribution in [3.8, 4) is 0 Å². The first-order valence-electron chi connectivity index (χ1n) is 6.36. The molecule has 0 aromatic heterocycles. The Morgan fingerprint density at radius 1 is 1.35 bits per heavy atom. The maximum Gasteiger partial charge on any atom is 0.235 e. The predicted molar refractivity (Wildman–Crippen MR) is 70.4 cm³/mol. The Labute approximate surface area is 120 Å². The van der Waals surface area contributed by atoms with Gasteiger partial charge in [0.2, 0.25) is 5.91 Å². The van der Waals surface area contributed by atoms with Gasteiger partial charge in [0, 0.05) is 12.0 Å². The van der Waals surface area contributed by atoms with E-state index in [4.69, 9.17) is 11.6 Å². The lowest BCUT2D eigenvalue weighted by Crippen LogP contribution is -2.54. The lowest BCUT2D eigenvalue weighted by Gasteiger charge is -2.37. The van der Waals surface area contributed by atoms with Gasteiger partial charge in [-0.1, -0.05) is 12.1 Å². The highest BCUT2D eigenvalue weighted by molar-refractivity contribution is 6.27. The molecule has 0 aliphatic heterocycles. The van der Waals surface area contributed by atoms with Crippen LogP contribution < -0.4 is 5.32 Å². The van der Waals surface area contributed by atoms with Gasteiger partial charge in [0.1, 0.15) is 11.4 Å². The Morgan fingerprint density at radius 3 is 2.75 bits per heavy atom. The molecule has 1 saturated carbocycles. The van der Waals surface area contributed by atoms with Crippen LogP contribution in [-0.4, -0.2) is 17.6 Å². The molecule has 1 aliphatic carbocycles. The van der Waals surface area contributed by atoms with Crippen molar-refractivity contribution >= 4 is 23.3 Å². The van der Waals surface area contributed by atoms with Gasteiger partial charge in [0.15, 0.2) is 17.4 Å². The molecule has 1 fully saturated rings. The fourth-order valence-corrected chi connectivity index (χ4v) is 2.68. The van der Waals surface area contributed by atoms with Gasteiger partial charge in [-0.2, -0.15) is 0 Å². The summed E-state index contributed by atoms with van der Waals surface area (Å²) in [6.45, 7) is 0. The first-order chi connectivity index (χ1) is 9.51. The van der Waals surface area contributed by atoms with E-state index in [-0.39, 0.29) is 30.1 Å². The Hall–Kier alpha value is -1.49. The third-order valence-corrected chi connectivity index (χ3v) is 3.81. The minimum atomic E-state index is -1.50. The van der Waals surface area contributed by atoms with E-state index in [0.29, 0.717) is 12.8 Å². The zero-order chi connectivity index (χ0) is 14.8. The van der Waals surface area contributed by atoms with E-state index in [2.05, 4.69) is 5.32 Å². The van der Waals surface area contributed by atoms with Gasteiger partial charge in [0.25, 0.3) is 0 Å². The summed E-state index contributed by atoms with van der Waals surface area (Å²) >= 11 is 5.45. The number of alkyl halides is 1. The molecule has 3 nitrogen and oxygen atoms in total. The Bertz CT molecular complexity index is 550. The number of hydrogen-bond donors (Lipinski definition) is 1. The van der Waals surface area contributed by atoms with Crippen LogP contribution >= 0.6 is 11.6 Å². The zero-order valence-electron chi connectivity index (χ0n) is 10.7.